The van der Waals surface area contributed by atoms with Gasteiger partial charge in [-0.3, -0.25) is 9.59 Å². The Hall–Kier alpha value is -2.44. The highest BCUT2D eigenvalue weighted by atomic mass is 16.2. The quantitative estimate of drug-likeness (QED) is 0.895. The van der Waals surface area contributed by atoms with Gasteiger partial charge in [-0.15, -0.1) is 0 Å². The number of rotatable bonds is 5. The normalized spacial score (nSPS) is 17.7. The van der Waals surface area contributed by atoms with Crippen molar-refractivity contribution in [2.75, 3.05) is 13.1 Å². The molecule has 0 aromatic carbocycles. The SMILES string of the molecule is CCNC(=O)CC1CCCCN1C(=O)Cn1ncc2cc(C)cnc21. The van der Waals surface area contributed by atoms with Crippen molar-refractivity contribution in [3.8, 4) is 0 Å². The zero-order valence-electron chi connectivity index (χ0n) is 14.9. The van der Waals surface area contributed by atoms with Gasteiger partial charge >= 0.3 is 0 Å². The van der Waals surface area contributed by atoms with Gasteiger partial charge in [-0.25, -0.2) is 9.67 Å². The highest BCUT2D eigenvalue weighted by molar-refractivity contribution is 5.81. The molecule has 2 aromatic rings. The minimum Gasteiger partial charge on any atom is -0.356 e. The van der Waals surface area contributed by atoms with Gasteiger partial charge in [0.15, 0.2) is 5.65 Å². The standard InChI is InChI=1S/C18H25N5O2/c1-3-19-16(24)9-15-6-4-5-7-22(15)17(25)12-23-18-14(11-21-23)8-13(2)10-20-18/h8,10-11,15H,3-7,9,12H2,1-2H3,(H,19,24). The van der Waals surface area contributed by atoms with E-state index in [0.717, 1.165) is 35.9 Å². The first-order valence-electron chi connectivity index (χ1n) is 8.93. The van der Waals surface area contributed by atoms with Crippen molar-refractivity contribution in [2.24, 2.45) is 0 Å². The molecule has 7 nitrogen and oxygen atoms in total. The predicted octanol–water partition coefficient (Wildman–Crippen LogP) is 1.65. The highest BCUT2D eigenvalue weighted by Crippen LogP contribution is 2.21. The average Bonchev–Trinajstić information content (AvgIpc) is 2.97. The molecule has 1 N–H and O–H groups in total. The van der Waals surface area contributed by atoms with Crippen LogP contribution in [0.15, 0.2) is 18.5 Å². The fourth-order valence-electron chi connectivity index (χ4n) is 3.44. The zero-order valence-corrected chi connectivity index (χ0v) is 14.9. The lowest BCUT2D eigenvalue weighted by molar-refractivity contribution is -0.136. The van der Waals surface area contributed by atoms with Crippen LogP contribution in [0.2, 0.25) is 0 Å². The van der Waals surface area contributed by atoms with Crippen molar-refractivity contribution in [3.63, 3.8) is 0 Å². The number of pyridine rings is 1. The molecule has 2 aromatic heterocycles. The second kappa shape index (κ2) is 7.63. The minimum atomic E-state index is -0.0233. The lowest BCUT2D eigenvalue weighted by Gasteiger charge is -2.35. The molecule has 2 amide bonds. The summed E-state index contributed by atoms with van der Waals surface area (Å²) in [6, 6.07) is 1.99. The van der Waals surface area contributed by atoms with E-state index in [1.807, 2.05) is 24.8 Å². The van der Waals surface area contributed by atoms with Gasteiger partial charge in [0, 0.05) is 37.1 Å². The molecule has 1 unspecified atom stereocenters. The molecule has 7 heteroatoms. The van der Waals surface area contributed by atoms with Crippen LogP contribution in [0.4, 0.5) is 0 Å². The zero-order chi connectivity index (χ0) is 17.8. The number of amides is 2. The molecule has 0 aliphatic carbocycles. The van der Waals surface area contributed by atoms with Gasteiger partial charge in [-0.2, -0.15) is 5.10 Å². The molecule has 1 aliphatic heterocycles. The van der Waals surface area contributed by atoms with Crippen LogP contribution >= 0.6 is 0 Å². The fraction of sp³-hybridized carbons (Fsp3) is 0.556. The number of nitrogens with zero attached hydrogens (tertiary/aromatic N) is 4. The van der Waals surface area contributed by atoms with Crippen LogP contribution in [0.5, 0.6) is 0 Å². The van der Waals surface area contributed by atoms with E-state index >= 15 is 0 Å². The van der Waals surface area contributed by atoms with Crippen LogP contribution in [0.3, 0.4) is 0 Å². The molecule has 3 rings (SSSR count). The Morgan fingerprint density at radius 3 is 2.96 bits per heavy atom. The molecule has 0 spiro atoms. The summed E-state index contributed by atoms with van der Waals surface area (Å²) >= 11 is 0. The number of nitrogens with one attached hydrogen (secondary N) is 1. The summed E-state index contributed by atoms with van der Waals surface area (Å²) in [4.78, 5) is 31.0. The molecule has 1 fully saturated rings. The second-order valence-electron chi connectivity index (χ2n) is 6.62. The molecular formula is C18H25N5O2. The maximum atomic E-state index is 12.8. The topological polar surface area (TPSA) is 80.1 Å². The van der Waals surface area contributed by atoms with Crippen LogP contribution in [0.25, 0.3) is 11.0 Å². The van der Waals surface area contributed by atoms with Crippen molar-refractivity contribution >= 4 is 22.8 Å². The van der Waals surface area contributed by atoms with E-state index in [2.05, 4.69) is 15.4 Å². The number of piperidine rings is 1. The van der Waals surface area contributed by atoms with Crippen LogP contribution in [-0.2, 0) is 16.1 Å². The Morgan fingerprint density at radius 1 is 1.32 bits per heavy atom. The summed E-state index contributed by atoms with van der Waals surface area (Å²) < 4.78 is 1.65. The van der Waals surface area contributed by atoms with Gasteiger partial charge in [0.25, 0.3) is 0 Å². The molecule has 0 bridgehead atoms. The second-order valence-corrected chi connectivity index (χ2v) is 6.62. The van der Waals surface area contributed by atoms with Crippen LogP contribution in [-0.4, -0.2) is 50.6 Å². The first kappa shape index (κ1) is 17.4. The van der Waals surface area contributed by atoms with Gasteiger partial charge in [0.05, 0.1) is 6.20 Å². The fourth-order valence-corrected chi connectivity index (χ4v) is 3.44. The van der Waals surface area contributed by atoms with Gasteiger partial charge in [0.1, 0.15) is 6.54 Å². The molecule has 1 aliphatic rings. The maximum Gasteiger partial charge on any atom is 0.244 e. The molecular weight excluding hydrogens is 318 g/mol. The highest BCUT2D eigenvalue weighted by Gasteiger charge is 2.28. The number of aryl methyl sites for hydroxylation is 1. The van der Waals surface area contributed by atoms with Gasteiger partial charge < -0.3 is 10.2 Å². The number of hydrogen-bond acceptors (Lipinski definition) is 4. The Labute approximate surface area is 147 Å². The Morgan fingerprint density at radius 2 is 2.16 bits per heavy atom. The van der Waals surface area contributed by atoms with E-state index in [4.69, 9.17) is 0 Å². The van der Waals surface area contributed by atoms with Crippen LogP contribution < -0.4 is 5.32 Å². The third-order valence-electron chi connectivity index (χ3n) is 4.64. The average molecular weight is 343 g/mol. The van der Waals surface area contributed by atoms with Crippen LogP contribution in [0, 0.1) is 6.92 Å². The first-order chi connectivity index (χ1) is 12.1. The summed E-state index contributed by atoms with van der Waals surface area (Å²) in [5.41, 5.74) is 1.78. The van der Waals surface area contributed by atoms with Crippen molar-refractivity contribution in [3.05, 3.63) is 24.0 Å². The summed E-state index contributed by atoms with van der Waals surface area (Å²) in [6.45, 7) is 5.36. The number of carbonyl (C=O) groups is 2. The van der Waals surface area contributed by atoms with Gasteiger partial charge in [-0.1, -0.05) is 0 Å². The number of hydrogen-bond donors (Lipinski definition) is 1. The van der Waals surface area contributed by atoms with E-state index in [0.29, 0.717) is 19.5 Å². The number of likely N-dealkylation sites (tertiary alicyclic amines) is 1. The van der Waals surface area contributed by atoms with E-state index in [1.54, 1.807) is 17.1 Å². The third-order valence-corrected chi connectivity index (χ3v) is 4.64. The van der Waals surface area contributed by atoms with Crippen LogP contribution in [0.1, 0.15) is 38.2 Å². The first-order valence-corrected chi connectivity index (χ1v) is 8.93. The number of carbonyl (C=O) groups excluding carboxylic acids is 2. The predicted molar refractivity (Wildman–Crippen MR) is 94.9 cm³/mol. The Kier molecular flexibility index (Phi) is 5.31. The summed E-state index contributed by atoms with van der Waals surface area (Å²) in [6.07, 6.45) is 6.81. The van der Waals surface area contributed by atoms with Gasteiger partial charge in [0.2, 0.25) is 11.8 Å². The van der Waals surface area contributed by atoms with E-state index < -0.39 is 0 Å². The summed E-state index contributed by atoms with van der Waals surface area (Å²) in [5.74, 6) is 0.00949. The molecule has 3 heterocycles. The molecule has 0 saturated carbocycles. The van der Waals surface area contributed by atoms with Crippen molar-refractivity contribution in [2.45, 2.75) is 52.1 Å². The Bertz CT molecular complexity index is 770. The van der Waals surface area contributed by atoms with Crippen molar-refractivity contribution in [1.29, 1.82) is 0 Å². The lowest BCUT2D eigenvalue weighted by atomic mass is 9.99. The monoisotopic (exact) mass is 343 g/mol. The largest absolute Gasteiger partial charge is 0.356 e. The summed E-state index contributed by atoms with van der Waals surface area (Å²) in [5, 5.41) is 8.07. The van der Waals surface area contributed by atoms with Crippen molar-refractivity contribution < 1.29 is 9.59 Å². The maximum absolute atomic E-state index is 12.8. The van der Waals surface area contributed by atoms with Gasteiger partial charge in [-0.05, 0) is 44.7 Å². The number of aromatic nitrogens is 3. The molecule has 1 atom stereocenters. The molecule has 1 saturated heterocycles. The van der Waals surface area contributed by atoms with E-state index in [9.17, 15) is 9.59 Å². The minimum absolute atomic E-state index is 0.00127. The molecule has 0 radical (unpaired) electrons. The van der Waals surface area contributed by atoms with E-state index in [1.165, 1.54) is 0 Å². The number of fused-ring (bicyclic) bond motifs is 1. The molecule has 25 heavy (non-hydrogen) atoms. The van der Waals surface area contributed by atoms with E-state index in [-0.39, 0.29) is 24.4 Å². The summed E-state index contributed by atoms with van der Waals surface area (Å²) in [7, 11) is 0. The lowest BCUT2D eigenvalue weighted by Crippen LogP contribution is -2.47. The third kappa shape index (κ3) is 3.97. The smallest absolute Gasteiger partial charge is 0.244 e. The molecule has 134 valence electrons. The van der Waals surface area contributed by atoms with Crippen molar-refractivity contribution in [1.82, 2.24) is 25.0 Å². The Balaban J connectivity index is 1.72.